The largest absolute Gasteiger partial charge is 0.353 e. The quantitative estimate of drug-likeness (QED) is 0.721. The summed E-state index contributed by atoms with van der Waals surface area (Å²) in [5.41, 5.74) is 2.98. The molecule has 3 aromatic rings. The minimum absolute atomic E-state index is 0.0772. The van der Waals surface area contributed by atoms with E-state index in [0.29, 0.717) is 6.54 Å². The van der Waals surface area contributed by atoms with Crippen molar-refractivity contribution in [1.82, 2.24) is 10.2 Å². The minimum Gasteiger partial charge on any atom is -0.353 e. The molecule has 1 aliphatic rings. The maximum Gasteiger partial charge on any atom is 0.237 e. The molecule has 1 aliphatic heterocycles. The Bertz CT molecular complexity index is 797. The Kier molecular flexibility index (Phi) is 4.78. The minimum atomic E-state index is -0.527. The lowest BCUT2D eigenvalue weighted by molar-refractivity contribution is -0.130. The Hall–Kier alpha value is -2.91. The van der Waals surface area contributed by atoms with E-state index in [2.05, 4.69) is 83.0 Å². The van der Waals surface area contributed by atoms with Gasteiger partial charge in [0.25, 0.3) is 0 Å². The molecule has 1 amide bonds. The molecule has 27 heavy (non-hydrogen) atoms. The summed E-state index contributed by atoms with van der Waals surface area (Å²) in [6, 6.07) is 31.3. The van der Waals surface area contributed by atoms with Crippen LogP contribution < -0.4 is 5.32 Å². The fraction of sp³-hybridized carbons (Fsp3) is 0.208. The smallest absolute Gasteiger partial charge is 0.237 e. The van der Waals surface area contributed by atoms with Gasteiger partial charge in [-0.2, -0.15) is 0 Å². The Labute approximate surface area is 160 Å². The van der Waals surface area contributed by atoms with Crippen molar-refractivity contribution in [3.63, 3.8) is 0 Å². The molecule has 3 heteroatoms. The molecule has 0 spiro atoms. The summed E-state index contributed by atoms with van der Waals surface area (Å²) < 4.78 is 0. The van der Waals surface area contributed by atoms with Gasteiger partial charge in [-0.15, -0.1) is 0 Å². The second-order valence-electron chi connectivity index (χ2n) is 6.97. The number of nitrogens with one attached hydrogen (secondary N) is 1. The maximum atomic E-state index is 12.6. The molecule has 1 atom stereocenters. The van der Waals surface area contributed by atoms with Crippen molar-refractivity contribution in [2.75, 3.05) is 13.1 Å². The highest BCUT2D eigenvalue weighted by Crippen LogP contribution is 2.43. The Morgan fingerprint density at radius 1 is 0.778 bits per heavy atom. The van der Waals surface area contributed by atoms with Gasteiger partial charge in [0.15, 0.2) is 0 Å². The topological polar surface area (TPSA) is 32.3 Å². The van der Waals surface area contributed by atoms with Crippen molar-refractivity contribution in [3.8, 4) is 0 Å². The Balaban J connectivity index is 2.05. The summed E-state index contributed by atoms with van der Waals surface area (Å²) in [7, 11) is 0. The van der Waals surface area contributed by atoms with E-state index in [0.717, 1.165) is 6.54 Å². The van der Waals surface area contributed by atoms with Gasteiger partial charge < -0.3 is 5.32 Å². The van der Waals surface area contributed by atoms with Crippen molar-refractivity contribution >= 4 is 5.91 Å². The van der Waals surface area contributed by atoms with E-state index in [9.17, 15) is 4.79 Å². The highest BCUT2D eigenvalue weighted by molar-refractivity contribution is 5.82. The van der Waals surface area contributed by atoms with E-state index in [1.54, 1.807) is 0 Å². The number of carbonyl (C=O) groups is 1. The molecule has 1 heterocycles. The molecule has 0 unspecified atom stereocenters. The summed E-state index contributed by atoms with van der Waals surface area (Å²) in [6.45, 7) is 3.43. The van der Waals surface area contributed by atoms with Crippen LogP contribution in [0, 0.1) is 0 Å². The predicted molar refractivity (Wildman–Crippen MR) is 108 cm³/mol. The molecule has 4 rings (SSSR count). The first-order valence-corrected chi connectivity index (χ1v) is 9.45. The number of amides is 1. The third kappa shape index (κ3) is 2.94. The number of carbonyl (C=O) groups excluding carboxylic acids is 1. The lowest BCUT2D eigenvalue weighted by Crippen LogP contribution is -2.62. The van der Waals surface area contributed by atoms with Crippen molar-refractivity contribution in [2.24, 2.45) is 0 Å². The van der Waals surface area contributed by atoms with Gasteiger partial charge in [-0.25, -0.2) is 0 Å². The molecule has 0 bridgehead atoms. The van der Waals surface area contributed by atoms with Crippen LogP contribution in [-0.4, -0.2) is 29.9 Å². The van der Waals surface area contributed by atoms with Crippen LogP contribution in [0.5, 0.6) is 0 Å². The second kappa shape index (κ2) is 7.37. The normalized spacial score (nSPS) is 18.1. The van der Waals surface area contributed by atoms with Gasteiger partial charge >= 0.3 is 0 Å². The van der Waals surface area contributed by atoms with Crippen molar-refractivity contribution in [1.29, 1.82) is 0 Å². The van der Waals surface area contributed by atoms with Crippen LogP contribution in [0.15, 0.2) is 91.0 Å². The lowest BCUT2D eigenvalue weighted by Gasteiger charge is -2.49. The summed E-state index contributed by atoms with van der Waals surface area (Å²) in [4.78, 5) is 14.9. The fourth-order valence-electron chi connectivity index (χ4n) is 4.28. The molecular weight excluding hydrogens is 332 g/mol. The summed E-state index contributed by atoms with van der Waals surface area (Å²) in [5, 5.41) is 3.01. The maximum absolute atomic E-state index is 12.6. The van der Waals surface area contributed by atoms with E-state index < -0.39 is 5.54 Å². The summed E-state index contributed by atoms with van der Waals surface area (Å²) >= 11 is 0. The van der Waals surface area contributed by atoms with Crippen molar-refractivity contribution in [2.45, 2.75) is 18.5 Å². The average molecular weight is 356 g/mol. The second-order valence-corrected chi connectivity index (χ2v) is 6.97. The number of rotatable bonds is 4. The average Bonchev–Trinajstić information content (AvgIpc) is 2.74. The first kappa shape index (κ1) is 17.5. The van der Waals surface area contributed by atoms with Crippen LogP contribution in [0.4, 0.5) is 0 Å². The molecule has 0 saturated carbocycles. The fourth-order valence-corrected chi connectivity index (χ4v) is 4.28. The number of hydrogen-bond donors (Lipinski definition) is 1. The van der Waals surface area contributed by atoms with Gasteiger partial charge in [-0.05, 0) is 23.6 Å². The molecule has 1 saturated heterocycles. The zero-order valence-electron chi connectivity index (χ0n) is 15.5. The molecule has 0 aliphatic carbocycles. The first-order valence-electron chi connectivity index (χ1n) is 9.45. The molecule has 1 fully saturated rings. The van der Waals surface area contributed by atoms with Crippen LogP contribution in [0.3, 0.4) is 0 Å². The number of hydrogen-bond acceptors (Lipinski definition) is 2. The van der Waals surface area contributed by atoms with Crippen LogP contribution >= 0.6 is 0 Å². The number of piperazine rings is 1. The van der Waals surface area contributed by atoms with E-state index in [1.807, 2.05) is 25.1 Å². The third-order valence-electron chi connectivity index (χ3n) is 5.50. The number of benzene rings is 3. The van der Waals surface area contributed by atoms with Crippen molar-refractivity contribution < 1.29 is 4.79 Å². The summed E-state index contributed by atoms with van der Waals surface area (Å²) in [5.74, 6) is 0.0772. The van der Waals surface area contributed by atoms with Crippen LogP contribution in [0.2, 0.25) is 0 Å². The molecule has 3 aromatic carbocycles. The van der Waals surface area contributed by atoms with Crippen LogP contribution in [0.25, 0.3) is 0 Å². The third-order valence-corrected chi connectivity index (χ3v) is 5.50. The van der Waals surface area contributed by atoms with E-state index in [-0.39, 0.29) is 11.9 Å². The monoisotopic (exact) mass is 356 g/mol. The SMILES string of the molecule is C[C@@H]1C(=O)NCCN1C(c1ccccc1)(c1ccccc1)c1ccccc1. The van der Waals surface area contributed by atoms with Gasteiger partial charge in [0.05, 0.1) is 11.6 Å². The number of nitrogens with zero attached hydrogens (tertiary/aromatic N) is 1. The molecule has 136 valence electrons. The molecule has 0 aromatic heterocycles. The molecule has 1 N–H and O–H groups in total. The Morgan fingerprint density at radius 2 is 1.19 bits per heavy atom. The van der Waals surface area contributed by atoms with Crippen molar-refractivity contribution in [3.05, 3.63) is 108 Å². The molecular formula is C24H24N2O. The van der Waals surface area contributed by atoms with E-state index in [1.165, 1.54) is 16.7 Å². The zero-order chi connectivity index (χ0) is 18.7. The van der Waals surface area contributed by atoms with Gasteiger partial charge in [-0.1, -0.05) is 91.0 Å². The van der Waals surface area contributed by atoms with Crippen LogP contribution in [-0.2, 0) is 10.3 Å². The lowest BCUT2D eigenvalue weighted by atomic mass is 9.74. The summed E-state index contributed by atoms with van der Waals surface area (Å²) in [6.07, 6.45) is 0. The molecule has 0 radical (unpaired) electrons. The first-order chi connectivity index (χ1) is 13.2. The van der Waals surface area contributed by atoms with Gasteiger partial charge in [0.2, 0.25) is 5.91 Å². The zero-order valence-corrected chi connectivity index (χ0v) is 15.5. The van der Waals surface area contributed by atoms with E-state index in [4.69, 9.17) is 0 Å². The highest BCUT2D eigenvalue weighted by Gasteiger charge is 2.46. The van der Waals surface area contributed by atoms with Gasteiger partial charge in [0.1, 0.15) is 0 Å². The van der Waals surface area contributed by atoms with Gasteiger partial charge in [-0.3, -0.25) is 9.69 Å². The van der Waals surface area contributed by atoms with E-state index >= 15 is 0 Å². The van der Waals surface area contributed by atoms with Gasteiger partial charge in [0, 0.05) is 13.1 Å². The predicted octanol–water partition coefficient (Wildman–Crippen LogP) is 3.80. The van der Waals surface area contributed by atoms with Crippen LogP contribution in [0.1, 0.15) is 23.6 Å². The molecule has 3 nitrogen and oxygen atoms in total. The standard InChI is InChI=1S/C24H24N2O/c1-19-23(27)25-17-18-26(19)24(20-11-5-2-6-12-20,21-13-7-3-8-14-21)22-15-9-4-10-16-22/h2-16,19H,17-18H2,1H3,(H,25,27)/t19-/m1/s1. The Morgan fingerprint density at radius 3 is 1.59 bits per heavy atom. The highest BCUT2D eigenvalue weighted by atomic mass is 16.2.